The molecule has 7 heteroatoms. The summed E-state index contributed by atoms with van der Waals surface area (Å²) < 4.78 is 11.4. The summed E-state index contributed by atoms with van der Waals surface area (Å²) in [6.07, 6.45) is 6.14. The second-order valence-electron chi connectivity index (χ2n) is 9.03. The minimum atomic E-state index is -0.742. The summed E-state index contributed by atoms with van der Waals surface area (Å²) in [6.45, 7) is 2.99. The van der Waals surface area contributed by atoms with Gasteiger partial charge in [-0.25, -0.2) is 0 Å². The Balaban J connectivity index is 1.71. The predicted octanol–water partition coefficient (Wildman–Crippen LogP) is 5.38. The van der Waals surface area contributed by atoms with Gasteiger partial charge in [-0.05, 0) is 48.6 Å². The maximum atomic E-state index is 13.9. The summed E-state index contributed by atoms with van der Waals surface area (Å²) in [5.74, 6) is 1.08. The molecule has 4 rings (SSSR count). The van der Waals surface area contributed by atoms with Crippen LogP contribution in [0.1, 0.15) is 62.6 Å². The third-order valence-corrected chi connectivity index (χ3v) is 7.10. The number of piperazine rings is 1. The maximum Gasteiger partial charge on any atom is 0.250 e. The van der Waals surface area contributed by atoms with Gasteiger partial charge in [-0.3, -0.25) is 9.59 Å². The highest BCUT2D eigenvalue weighted by molar-refractivity contribution is 6.31. The molecule has 6 nitrogen and oxygen atoms in total. The first-order chi connectivity index (χ1) is 16.5. The van der Waals surface area contributed by atoms with Gasteiger partial charge in [0.15, 0.2) is 11.5 Å². The summed E-state index contributed by atoms with van der Waals surface area (Å²) >= 11 is 6.42. The second kappa shape index (κ2) is 11.1. The smallest absolute Gasteiger partial charge is 0.250 e. The number of methoxy groups -OCH3 is 1. The Labute approximate surface area is 206 Å². The van der Waals surface area contributed by atoms with Gasteiger partial charge in [-0.15, -0.1) is 0 Å². The molecule has 2 amide bonds. The number of hydrogen-bond donors (Lipinski definition) is 0. The van der Waals surface area contributed by atoms with Crippen molar-refractivity contribution in [2.24, 2.45) is 0 Å². The Morgan fingerprint density at radius 3 is 2.50 bits per heavy atom. The molecule has 0 spiro atoms. The first-order valence-electron chi connectivity index (χ1n) is 12.2. The number of carbonyl (C=O) groups excluding carboxylic acids is 2. The molecule has 2 aromatic rings. The standard InChI is InChI=1S/C27H33ClN2O4/c1-3-15-34-23-14-13-19(16-24(23)33-2)26-27(32)29(21-10-5-4-6-11-21)18-25(31)30(26)17-20-9-7-8-12-22(20)28/h7-9,12-14,16,21,26H,3-6,10-11,15,17-18H2,1-2H3/t26-/m0/s1. The number of carbonyl (C=O) groups is 2. The molecule has 1 aliphatic heterocycles. The molecule has 0 N–H and O–H groups in total. The first kappa shape index (κ1) is 24.4. The molecule has 0 radical (unpaired) electrons. The highest BCUT2D eigenvalue weighted by Crippen LogP contribution is 2.37. The average molecular weight is 485 g/mol. The van der Waals surface area contributed by atoms with E-state index in [1.54, 1.807) is 18.1 Å². The van der Waals surface area contributed by atoms with Crippen molar-refractivity contribution in [3.63, 3.8) is 0 Å². The maximum absolute atomic E-state index is 13.9. The topological polar surface area (TPSA) is 59.1 Å². The Morgan fingerprint density at radius 2 is 1.79 bits per heavy atom. The number of hydrogen-bond acceptors (Lipinski definition) is 4. The zero-order valence-corrected chi connectivity index (χ0v) is 20.7. The molecule has 2 aromatic carbocycles. The monoisotopic (exact) mass is 484 g/mol. The van der Waals surface area contributed by atoms with Gasteiger partial charge < -0.3 is 19.3 Å². The van der Waals surface area contributed by atoms with Gasteiger partial charge in [0.05, 0.1) is 13.7 Å². The third kappa shape index (κ3) is 5.17. The van der Waals surface area contributed by atoms with Gasteiger partial charge in [0.2, 0.25) is 5.91 Å². The summed E-state index contributed by atoms with van der Waals surface area (Å²) in [6, 6.07) is 12.3. The lowest BCUT2D eigenvalue weighted by molar-refractivity contribution is -0.160. The molecule has 1 atom stereocenters. The molecule has 2 fully saturated rings. The van der Waals surface area contributed by atoms with Crippen LogP contribution >= 0.6 is 11.6 Å². The molecule has 1 saturated heterocycles. The fourth-order valence-electron chi connectivity index (χ4n) is 4.95. The zero-order chi connectivity index (χ0) is 24.1. The Bertz CT molecular complexity index is 1020. The minimum Gasteiger partial charge on any atom is -0.493 e. The second-order valence-corrected chi connectivity index (χ2v) is 9.44. The molecule has 2 aliphatic rings. The lowest BCUT2D eigenvalue weighted by Gasteiger charge is -2.44. The van der Waals surface area contributed by atoms with Gasteiger partial charge in [0, 0.05) is 17.6 Å². The van der Waals surface area contributed by atoms with E-state index in [4.69, 9.17) is 21.1 Å². The lowest BCUT2D eigenvalue weighted by Crippen LogP contribution is -2.58. The molecule has 1 saturated carbocycles. The Kier molecular flexibility index (Phi) is 7.99. The molecule has 1 heterocycles. The first-order valence-corrected chi connectivity index (χ1v) is 12.5. The average Bonchev–Trinajstić information content (AvgIpc) is 2.86. The fourth-order valence-corrected chi connectivity index (χ4v) is 5.14. The molecule has 182 valence electrons. The number of nitrogens with zero attached hydrogens (tertiary/aromatic N) is 2. The number of halogens is 1. The number of rotatable bonds is 8. The number of benzene rings is 2. The van der Waals surface area contributed by atoms with E-state index in [0.717, 1.165) is 37.7 Å². The summed E-state index contributed by atoms with van der Waals surface area (Å²) in [7, 11) is 1.58. The molecule has 0 unspecified atom stereocenters. The van der Waals surface area contributed by atoms with Gasteiger partial charge in [0.25, 0.3) is 5.91 Å². The van der Waals surface area contributed by atoms with Gasteiger partial charge in [0.1, 0.15) is 12.6 Å². The molecular formula is C27H33ClN2O4. The SMILES string of the molecule is CCCOc1ccc([C@H]2C(=O)N(C3CCCCC3)CC(=O)N2Cc2ccccc2Cl)cc1OC. The van der Waals surface area contributed by atoms with E-state index in [2.05, 4.69) is 0 Å². The van der Waals surface area contributed by atoms with E-state index in [-0.39, 0.29) is 30.9 Å². The largest absolute Gasteiger partial charge is 0.493 e. The van der Waals surface area contributed by atoms with Crippen LogP contribution in [0.4, 0.5) is 0 Å². The van der Waals surface area contributed by atoms with Crippen molar-refractivity contribution < 1.29 is 19.1 Å². The number of ether oxygens (including phenoxy) is 2. The Hall–Kier alpha value is -2.73. The predicted molar refractivity (Wildman–Crippen MR) is 132 cm³/mol. The van der Waals surface area contributed by atoms with Crippen molar-refractivity contribution in [1.29, 1.82) is 0 Å². The van der Waals surface area contributed by atoms with Crippen molar-refractivity contribution in [2.75, 3.05) is 20.3 Å². The van der Waals surface area contributed by atoms with Crippen LogP contribution in [0.25, 0.3) is 0 Å². The van der Waals surface area contributed by atoms with Gasteiger partial charge >= 0.3 is 0 Å². The normalized spacial score (nSPS) is 19.4. The van der Waals surface area contributed by atoms with Crippen molar-refractivity contribution in [2.45, 2.75) is 64.1 Å². The molecule has 1 aliphatic carbocycles. The highest BCUT2D eigenvalue weighted by atomic mass is 35.5. The van der Waals surface area contributed by atoms with Crippen LogP contribution in [0.3, 0.4) is 0 Å². The van der Waals surface area contributed by atoms with Crippen LogP contribution in [-0.2, 0) is 16.1 Å². The highest BCUT2D eigenvalue weighted by Gasteiger charge is 2.43. The van der Waals surface area contributed by atoms with Crippen molar-refractivity contribution in [1.82, 2.24) is 9.80 Å². The van der Waals surface area contributed by atoms with Crippen LogP contribution in [0, 0.1) is 0 Å². The van der Waals surface area contributed by atoms with E-state index in [9.17, 15) is 9.59 Å². The zero-order valence-electron chi connectivity index (χ0n) is 20.0. The van der Waals surface area contributed by atoms with E-state index in [1.165, 1.54) is 6.42 Å². The van der Waals surface area contributed by atoms with E-state index in [1.807, 2.05) is 48.2 Å². The molecular weight excluding hydrogens is 452 g/mol. The third-order valence-electron chi connectivity index (χ3n) is 6.73. The molecule has 0 aromatic heterocycles. The fraction of sp³-hybridized carbons (Fsp3) is 0.481. The summed E-state index contributed by atoms with van der Waals surface area (Å²) in [5.41, 5.74) is 1.53. The van der Waals surface area contributed by atoms with Gasteiger partial charge in [-0.1, -0.05) is 62.1 Å². The van der Waals surface area contributed by atoms with E-state index >= 15 is 0 Å². The van der Waals surface area contributed by atoms with Crippen molar-refractivity contribution in [3.8, 4) is 11.5 Å². The van der Waals surface area contributed by atoms with Crippen LogP contribution in [0.15, 0.2) is 42.5 Å². The van der Waals surface area contributed by atoms with Gasteiger partial charge in [-0.2, -0.15) is 0 Å². The van der Waals surface area contributed by atoms with Crippen LogP contribution in [0.2, 0.25) is 5.02 Å². The minimum absolute atomic E-state index is 0.0390. The van der Waals surface area contributed by atoms with E-state index < -0.39 is 6.04 Å². The van der Waals surface area contributed by atoms with Crippen LogP contribution in [0.5, 0.6) is 11.5 Å². The summed E-state index contributed by atoms with van der Waals surface area (Å²) in [5, 5.41) is 0.581. The van der Waals surface area contributed by atoms with Crippen molar-refractivity contribution in [3.05, 3.63) is 58.6 Å². The molecule has 0 bridgehead atoms. The molecule has 34 heavy (non-hydrogen) atoms. The number of amides is 2. The summed E-state index contributed by atoms with van der Waals surface area (Å²) in [4.78, 5) is 30.9. The van der Waals surface area contributed by atoms with Crippen LogP contribution < -0.4 is 9.47 Å². The van der Waals surface area contributed by atoms with Crippen LogP contribution in [-0.4, -0.2) is 47.9 Å². The lowest BCUT2D eigenvalue weighted by atomic mass is 9.91. The van der Waals surface area contributed by atoms with Crippen molar-refractivity contribution >= 4 is 23.4 Å². The van der Waals surface area contributed by atoms with E-state index in [0.29, 0.717) is 28.7 Å². The quantitative estimate of drug-likeness (QED) is 0.504. The Morgan fingerprint density at radius 1 is 1.03 bits per heavy atom.